The van der Waals surface area contributed by atoms with Gasteiger partial charge in [0.05, 0.1) is 0 Å². The fourth-order valence-electron chi connectivity index (χ4n) is 3.59. The standard InChI is InChI=1S/C15H25N/c1-3-5-6-10-14(16-11-4-2)15-12-8-7-9-13(12)15/h12-16H,4,6-11H2,1-2H3. The molecule has 3 unspecified atom stereocenters. The molecule has 0 aromatic carbocycles. The van der Waals surface area contributed by atoms with Crippen LogP contribution in [0.4, 0.5) is 0 Å². The van der Waals surface area contributed by atoms with E-state index in [0.717, 1.165) is 30.2 Å². The van der Waals surface area contributed by atoms with Gasteiger partial charge >= 0.3 is 0 Å². The second kappa shape index (κ2) is 5.73. The molecular weight excluding hydrogens is 194 g/mol. The Morgan fingerprint density at radius 3 is 2.69 bits per heavy atom. The molecule has 0 aromatic heterocycles. The van der Waals surface area contributed by atoms with E-state index in [-0.39, 0.29) is 0 Å². The average molecular weight is 219 g/mol. The van der Waals surface area contributed by atoms with Crippen LogP contribution in [0, 0.1) is 29.6 Å². The van der Waals surface area contributed by atoms with Gasteiger partial charge in [-0.3, -0.25) is 0 Å². The lowest BCUT2D eigenvalue weighted by molar-refractivity contribution is 0.389. The van der Waals surface area contributed by atoms with Crippen molar-refractivity contribution in [3.05, 3.63) is 0 Å². The van der Waals surface area contributed by atoms with E-state index in [4.69, 9.17) is 0 Å². The predicted octanol–water partition coefficient (Wildman–Crippen LogP) is 3.20. The average Bonchev–Trinajstić information content (AvgIpc) is 2.77. The fraction of sp³-hybridized carbons (Fsp3) is 0.867. The first kappa shape index (κ1) is 12.0. The molecule has 0 spiro atoms. The summed E-state index contributed by atoms with van der Waals surface area (Å²) in [4.78, 5) is 0. The molecule has 2 rings (SSSR count). The minimum Gasteiger partial charge on any atom is -0.314 e. The highest BCUT2D eigenvalue weighted by molar-refractivity contribution is 5.07. The second-order valence-corrected chi connectivity index (χ2v) is 5.36. The summed E-state index contributed by atoms with van der Waals surface area (Å²) >= 11 is 0. The first-order valence-electron chi connectivity index (χ1n) is 7.01. The van der Waals surface area contributed by atoms with Crippen molar-refractivity contribution in [2.24, 2.45) is 17.8 Å². The van der Waals surface area contributed by atoms with E-state index in [9.17, 15) is 0 Å². The number of hydrogen-bond acceptors (Lipinski definition) is 1. The Balaban J connectivity index is 1.79. The minimum atomic E-state index is 0.760. The van der Waals surface area contributed by atoms with Gasteiger partial charge in [0, 0.05) is 12.5 Å². The Morgan fingerprint density at radius 1 is 1.31 bits per heavy atom. The summed E-state index contributed by atoms with van der Waals surface area (Å²) in [5.74, 6) is 9.37. The summed E-state index contributed by atoms with van der Waals surface area (Å²) in [5, 5.41) is 3.75. The van der Waals surface area contributed by atoms with Crippen molar-refractivity contribution in [3.63, 3.8) is 0 Å². The van der Waals surface area contributed by atoms with Crippen molar-refractivity contribution in [2.45, 2.75) is 58.4 Å². The molecule has 2 fully saturated rings. The zero-order chi connectivity index (χ0) is 11.4. The van der Waals surface area contributed by atoms with Gasteiger partial charge in [-0.1, -0.05) is 13.3 Å². The molecule has 16 heavy (non-hydrogen) atoms. The van der Waals surface area contributed by atoms with Gasteiger partial charge in [-0.15, -0.1) is 11.8 Å². The summed E-state index contributed by atoms with van der Waals surface area (Å²) in [6.07, 6.45) is 8.07. The van der Waals surface area contributed by atoms with Gasteiger partial charge in [0.25, 0.3) is 0 Å². The summed E-state index contributed by atoms with van der Waals surface area (Å²) in [5.41, 5.74) is 0. The SMILES string of the molecule is CC#CCCC(NCCC)C1C2CCCC21. The van der Waals surface area contributed by atoms with Crippen molar-refractivity contribution >= 4 is 0 Å². The van der Waals surface area contributed by atoms with Crippen LogP contribution < -0.4 is 5.32 Å². The van der Waals surface area contributed by atoms with Crippen LogP contribution >= 0.6 is 0 Å². The maximum Gasteiger partial charge on any atom is 0.0110 e. The van der Waals surface area contributed by atoms with E-state index in [1.54, 1.807) is 0 Å². The van der Waals surface area contributed by atoms with Crippen molar-refractivity contribution in [2.75, 3.05) is 6.54 Å². The molecule has 2 saturated carbocycles. The third-order valence-electron chi connectivity index (χ3n) is 4.35. The highest BCUT2D eigenvalue weighted by atomic mass is 14.9. The zero-order valence-corrected chi connectivity index (χ0v) is 10.8. The van der Waals surface area contributed by atoms with Crippen molar-refractivity contribution in [1.29, 1.82) is 0 Å². The molecule has 90 valence electrons. The van der Waals surface area contributed by atoms with Crippen LogP contribution in [-0.4, -0.2) is 12.6 Å². The van der Waals surface area contributed by atoms with Crippen LogP contribution in [0.15, 0.2) is 0 Å². The van der Waals surface area contributed by atoms with Gasteiger partial charge < -0.3 is 5.32 Å². The molecule has 2 aliphatic rings. The molecule has 0 aromatic rings. The zero-order valence-electron chi connectivity index (χ0n) is 10.8. The minimum absolute atomic E-state index is 0.760. The number of nitrogens with one attached hydrogen (secondary N) is 1. The highest BCUT2D eigenvalue weighted by Crippen LogP contribution is 2.59. The first-order chi connectivity index (χ1) is 7.88. The molecule has 0 saturated heterocycles. The Morgan fingerprint density at radius 2 is 2.06 bits per heavy atom. The molecule has 3 atom stereocenters. The smallest absolute Gasteiger partial charge is 0.0110 e. The molecule has 0 amide bonds. The van der Waals surface area contributed by atoms with Crippen LogP contribution in [0.25, 0.3) is 0 Å². The highest BCUT2D eigenvalue weighted by Gasteiger charge is 2.55. The van der Waals surface area contributed by atoms with Crippen molar-refractivity contribution in [1.82, 2.24) is 5.32 Å². The fourth-order valence-corrected chi connectivity index (χ4v) is 3.59. The summed E-state index contributed by atoms with van der Waals surface area (Å²) in [6, 6.07) is 0.760. The topological polar surface area (TPSA) is 12.0 Å². The molecule has 0 radical (unpaired) electrons. The van der Waals surface area contributed by atoms with Crippen LogP contribution in [-0.2, 0) is 0 Å². The van der Waals surface area contributed by atoms with Gasteiger partial charge in [0.2, 0.25) is 0 Å². The molecule has 2 aliphatic carbocycles. The molecule has 1 heteroatoms. The monoisotopic (exact) mass is 219 g/mol. The van der Waals surface area contributed by atoms with Gasteiger partial charge in [-0.2, -0.15) is 0 Å². The summed E-state index contributed by atoms with van der Waals surface area (Å²) in [6.45, 7) is 5.38. The third-order valence-corrected chi connectivity index (χ3v) is 4.35. The predicted molar refractivity (Wildman–Crippen MR) is 69.1 cm³/mol. The number of fused-ring (bicyclic) bond motifs is 1. The van der Waals surface area contributed by atoms with Gasteiger partial charge in [0.15, 0.2) is 0 Å². The Labute approximate surface area is 100 Å². The van der Waals surface area contributed by atoms with Crippen molar-refractivity contribution in [3.8, 4) is 11.8 Å². The van der Waals surface area contributed by atoms with E-state index >= 15 is 0 Å². The lowest BCUT2D eigenvalue weighted by Gasteiger charge is -2.19. The third kappa shape index (κ3) is 2.61. The summed E-state index contributed by atoms with van der Waals surface area (Å²) < 4.78 is 0. The molecule has 1 nitrogen and oxygen atoms in total. The Hall–Kier alpha value is -0.480. The number of rotatable bonds is 6. The normalized spacial score (nSPS) is 32.8. The van der Waals surface area contributed by atoms with Crippen LogP contribution in [0.2, 0.25) is 0 Å². The van der Waals surface area contributed by atoms with E-state index in [2.05, 4.69) is 24.1 Å². The molecule has 1 N–H and O–H groups in total. The van der Waals surface area contributed by atoms with Crippen LogP contribution in [0.3, 0.4) is 0 Å². The largest absolute Gasteiger partial charge is 0.314 e. The lowest BCUT2D eigenvalue weighted by Crippen LogP contribution is -2.33. The number of hydrogen-bond donors (Lipinski definition) is 1. The quantitative estimate of drug-likeness (QED) is 0.676. The lowest BCUT2D eigenvalue weighted by atomic mass is 9.99. The molecule has 0 bridgehead atoms. The Kier molecular flexibility index (Phi) is 4.29. The van der Waals surface area contributed by atoms with E-state index in [1.165, 1.54) is 38.6 Å². The maximum atomic E-state index is 3.75. The van der Waals surface area contributed by atoms with Crippen LogP contribution in [0.1, 0.15) is 52.4 Å². The molecular formula is C15H25N. The van der Waals surface area contributed by atoms with Gasteiger partial charge in [0.1, 0.15) is 0 Å². The second-order valence-electron chi connectivity index (χ2n) is 5.36. The van der Waals surface area contributed by atoms with E-state index < -0.39 is 0 Å². The Bertz CT molecular complexity index is 263. The van der Waals surface area contributed by atoms with Crippen LogP contribution in [0.5, 0.6) is 0 Å². The van der Waals surface area contributed by atoms with E-state index in [1.807, 2.05) is 6.92 Å². The van der Waals surface area contributed by atoms with Gasteiger partial charge in [-0.05, 0) is 56.9 Å². The molecule has 0 heterocycles. The van der Waals surface area contributed by atoms with Crippen molar-refractivity contribution < 1.29 is 0 Å². The summed E-state index contributed by atoms with van der Waals surface area (Å²) in [7, 11) is 0. The molecule has 0 aliphatic heterocycles. The maximum absolute atomic E-state index is 3.75. The first-order valence-corrected chi connectivity index (χ1v) is 7.01. The van der Waals surface area contributed by atoms with Gasteiger partial charge in [-0.25, -0.2) is 0 Å². The van der Waals surface area contributed by atoms with E-state index in [0.29, 0.717) is 0 Å².